The fraction of sp³-hybridized carbons (Fsp3) is 0.765. The van der Waals surface area contributed by atoms with Gasteiger partial charge in [0.25, 0.3) is 0 Å². The molecule has 0 amide bonds. The summed E-state index contributed by atoms with van der Waals surface area (Å²) in [5.41, 5.74) is 0. The Morgan fingerprint density at radius 1 is 0.850 bits per heavy atom. The second-order valence-corrected chi connectivity index (χ2v) is 17.1. The van der Waals surface area contributed by atoms with Gasteiger partial charge in [-0.15, -0.1) is 6.58 Å². The lowest BCUT2D eigenvalue weighted by Crippen LogP contribution is -2.34. The first-order valence-electron chi connectivity index (χ1n) is 8.17. The molecule has 0 radical (unpaired) electrons. The van der Waals surface area contributed by atoms with Crippen LogP contribution in [0, 0.1) is 0 Å². The van der Waals surface area contributed by atoms with Crippen molar-refractivity contribution < 1.29 is 4.43 Å². The van der Waals surface area contributed by atoms with E-state index in [0.29, 0.717) is 0 Å². The van der Waals surface area contributed by atoms with Crippen LogP contribution in [-0.4, -0.2) is 16.4 Å². The SMILES string of the molecule is C=CCCCCCCC/C=C(\O[Si](C)(C)C)[Si](C)(C)C. The van der Waals surface area contributed by atoms with Gasteiger partial charge in [-0.2, -0.15) is 0 Å². The maximum absolute atomic E-state index is 6.31. The first kappa shape index (κ1) is 19.7. The molecule has 0 spiro atoms. The number of unbranched alkanes of at least 4 members (excludes halogenated alkanes) is 6. The van der Waals surface area contributed by atoms with Crippen molar-refractivity contribution in [3.63, 3.8) is 0 Å². The van der Waals surface area contributed by atoms with Crippen molar-refractivity contribution >= 4 is 16.4 Å². The van der Waals surface area contributed by atoms with Gasteiger partial charge in [0, 0.05) is 0 Å². The van der Waals surface area contributed by atoms with Crippen LogP contribution in [0.4, 0.5) is 0 Å². The smallest absolute Gasteiger partial charge is 0.241 e. The largest absolute Gasteiger partial charge is 0.552 e. The van der Waals surface area contributed by atoms with Crippen LogP contribution in [0.2, 0.25) is 39.3 Å². The van der Waals surface area contributed by atoms with Crippen molar-refractivity contribution in [3.05, 3.63) is 24.1 Å². The van der Waals surface area contributed by atoms with Gasteiger partial charge in [-0.3, -0.25) is 0 Å². The van der Waals surface area contributed by atoms with Gasteiger partial charge in [0.05, 0.1) is 5.38 Å². The second-order valence-electron chi connectivity index (χ2n) is 7.67. The van der Waals surface area contributed by atoms with Crippen molar-refractivity contribution in [2.75, 3.05) is 0 Å². The zero-order chi connectivity index (χ0) is 15.6. The van der Waals surface area contributed by atoms with Crippen LogP contribution in [0.3, 0.4) is 0 Å². The maximum atomic E-state index is 6.31. The van der Waals surface area contributed by atoms with Crippen molar-refractivity contribution in [1.29, 1.82) is 0 Å². The zero-order valence-corrected chi connectivity index (χ0v) is 16.7. The molecule has 0 aliphatic rings. The Balaban J connectivity index is 4.06. The van der Waals surface area contributed by atoms with Gasteiger partial charge in [-0.05, 0) is 45.3 Å². The van der Waals surface area contributed by atoms with Gasteiger partial charge in [0.1, 0.15) is 8.07 Å². The monoisotopic (exact) mass is 312 g/mol. The molecule has 0 aliphatic carbocycles. The Morgan fingerprint density at radius 3 is 1.80 bits per heavy atom. The molecule has 0 atom stereocenters. The summed E-state index contributed by atoms with van der Waals surface area (Å²) >= 11 is 0. The van der Waals surface area contributed by atoms with E-state index < -0.39 is 16.4 Å². The van der Waals surface area contributed by atoms with Crippen LogP contribution in [0.25, 0.3) is 0 Å². The third-order valence-electron chi connectivity index (χ3n) is 3.10. The molecule has 0 fully saturated rings. The zero-order valence-electron chi connectivity index (χ0n) is 14.7. The van der Waals surface area contributed by atoms with E-state index in [1.54, 1.807) is 0 Å². The molecule has 0 aromatic carbocycles. The Labute approximate surface area is 129 Å². The van der Waals surface area contributed by atoms with Gasteiger partial charge in [-0.1, -0.05) is 51.1 Å². The average Bonchev–Trinajstić information content (AvgIpc) is 2.28. The fourth-order valence-corrected chi connectivity index (χ4v) is 5.67. The van der Waals surface area contributed by atoms with Crippen molar-refractivity contribution in [1.82, 2.24) is 0 Å². The van der Waals surface area contributed by atoms with Crippen molar-refractivity contribution in [3.8, 4) is 0 Å². The van der Waals surface area contributed by atoms with Crippen LogP contribution in [0.1, 0.15) is 44.9 Å². The van der Waals surface area contributed by atoms with E-state index in [9.17, 15) is 0 Å². The summed E-state index contributed by atoms with van der Waals surface area (Å²) in [7, 11) is -2.78. The summed E-state index contributed by atoms with van der Waals surface area (Å²) in [6, 6.07) is 0. The van der Waals surface area contributed by atoms with E-state index in [0.717, 1.165) is 0 Å². The van der Waals surface area contributed by atoms with Gasteiger partial charge >= 0.3 is 0 Å². The van der Waals surface area contributed by atoms with Gasteiger partial charge in [0.2, 0.25) is 8.32 Å². The summed E-state index contributed by atoms with van der Waals surface area (Å²) < 4.78 is 6.31. The molecule has 0 aromatic heterocycles. The van der Waals surface area contributed by atoms with E-state index in [1.807, 2.05) is 6.08 Å². The molecule has 0 aromatic rings. The normalized spacial score (nSPS) is 13.4. The van der Waals surface area contributed by atoms with Gasteiger partial charge in [-0.25, -0.2) is 0 Å². The highest BCUT2D eigenvalue weighted by Crippen LogP contribution is 2.22. The average molecular weight is 313 g/mol. The first-order valence-corrected chi connectivity index (χ1v) is 15.1. The molecule has 20 heavy (non-hydrogen) atoms. The molecule has 3 heteroatoms. The van der Waals surface area contributed by atoms with Gasteiger partial charge in [0.15, 0.2) is 0 Å². The molecule has 0 unspecified atom stereocenters. The molecular formula is C17H36OSi2. The standard InChI is InChI=1S/C17H36OSi2/c1-8-9-10-11-12-13-14-15-16-17(19(2,3)4)18-20(5,6)7/h8,16H,1,9-15H2,2-7H3/b17-16+. The maximum Gasteiger partial charge on any atom is 0.241 e. The lowest BCUT2D eigenvalue weighted by atomic mass is 10.1. The number of allylic oxidation sites excluding steroid dienone is 2. The molecule has 0 saturated carbocycles. The summed E-state index contributed by atoms with van der Waals surface area (Å²) in [4.78, 5) is 0. The summed E-state index contributed by atoms with van der Waals surface area (Å²) in [5.74, 6) is 0. The number of hydrogen-bond donors (Lipinski definition) is 0. The summed E-state index contributed by atoms with van der Waals surface area (Å²) in [6.07, 6.45) is 13.4. The molecule has 0 rings (SSSR count). The van der Waals surface area contributed by atoms with Crippen molar-refractivity contribution in [2.45, 2.75) is 84.2 Å². The van der Waals surface area contributed by atoms with Crippen LogP contribution in [-0.2, 0) is 4.43 Å². The third-order valence-corrected chi connectivity index (χ3v) is 5.92. The highest BCUT2D eigenvalue weighted by molar-refractivity contribution is 6.84. The minimum atomic E-state index is -1.46. The molecule has 0 N–H and O–H groups in total. The fourth-order valence-electron chi connectivity index (χ4n) is 2.03. The van der Waals surface area contributed by atoms with Crippen LogP contribution >= 0.6 is 0 Å². The van der Waals surface area contributed by atoms with Crippen LogP contribution in [0.15, 0.2) is 24.1 Å². The van der Waals surface area contributed by atoms with Gasteiger partial charge < -0.3 is 4.43 Å². The minimum absolute atomic E-state index is 1.17. The Morgan fingerprint density at radius 2 is 1.35 bits per heavy atom. The molecule has 0 heterocycles. The minimum Gasteiger partial charge on any atom is -0.552 e. The van der Waals surface area contributed by atoms with E-state index in [4.69, 9.17) is 4.43 Å². The number of hydrogen-bond acceptors (Lipinski definition) is 1. The van der Waals surface area contributed by atoms with E-state index in [-0.39, 0.29) is 0 Å². The van der Waals surface area contributed by atoms with Crippen LogP contribution < -0.4 is 0 Å². The second kappa shape index (κ2) is 9.61. The van der Waals surface area contributed by atoms with E-state index in [1.165, 1.54) is 50.3 Å². The molecule has 0 saturated heterocycles. The van der Waals surface area contributed by atoms with Crippen LogP contribution in [0.5, 0.6) is 0 Å². The summed E-state index contributed by atoms with van der Waals surface area (Å²) in [6.45, 7) is 17.7. The first-order chi connectivity index (χ1) is 9.17. The molecule has 118 valence electrons. The topological polar surface area (TPSA) is 9.23 Å². The highest BCUT2D eigenvalue weighted by atomic mass is 28.4. The third kappa shape index (κ3) is 11.5. The Bertz CT molecular complexity index is 295. The van der Waals surface area contributed by atoms with E-state index >= 15 is 0 Å². The molecular weight excluding hydrogens is 276 g/mol. The quantitative estimate of drug-likeness (QED) is 0.183. The van der Waals surface area contributed by atoms with E-state index in [2.05, 4.69) is 51.9 Å². The number of rotatable bonds is 11. The Kier molecular flexibility index (Phi) is 9.48. The lowest BCUT2D eigenvalue weighted by Gasteiger charge is -2.29. The highest BCUT2D eigenvalue weighted by Gasteiger charge is 2.26. The molecule has 1 nitrogen and oxygen atoms in total. The predicted molar refractivity (Wildman–Crippen MR) is 98.4 cm³/mol. The van der Waals surface area contributed by atoms with Crippen molar-refractivity contribution in [2.24, 2.45) is 0 Å². The summed E-state index contributed by atoms with van der Waals surface area (Å²) in [5, 5.41) is 1.34. The predicted octanol–water partition coefficient (Wildman–Crippen LogP) is 6.52. The lowest BCUT2D eigenvalue weighted by molar-refractivity contribution is 0.448. The molecule has 0 aliphatic heterocycles. The molecule has 0 bridgehead atoms. The Hall–Kier alpha value is -0.286.